The van der Waals surface area contributed by atoms with Gasteiger partial charge in [-0.25, -0.2) is 0 Å². The number of nitrogens with zero attached hydrogens (tertiary/aromatic N) is 3. The zero-order valence-electron chi connectivity index (χ0n) is 14.1. The van der Waals surface area contributed by atoms with Gasteiger partial charge in [0.1, 0.15) is 12.2 Å². The van der Waals surface area contributed by atoms with Crippen LogP contribution in [-0.2, 0) is 0 Å². The molecule has 0 spiro atoms. The van der Waals surface area contributed by atoms with Gasteiger partial charge in [-0.05, 0) is 24.6 Å². The molecule has 0 aromatic heterocycles. The van der Waals surface area contributed by atoms with E-state index in [-0.39, 0.29) is 12.1 Å². The summed E-state index contributed by atoms with van der Waals surface area (Å²) in [4.78, 5) is 11.7. The number of nitro groups is 1. The molecular formula is C18H17N3O3. The Morgan fingerprint density at radius 1 is 1.29 bits per heavy atom. The third kappa shape index (κ3) is 2.82. The Balaban J connectivity index is 2.00. The second-order valence-electron chi connectivity index (χ2n) is 5.82. The van der Waals surface area contributed by atoms with Crippen LogP contribution in [0.2, 0.25) is 0 Å². The number of nitriles is 1. The van der Waals surface area contributed by atoms with Gasteiger partial charge in [0.15, 0.2) is 0 Å². The van der Waals surface area contributed by atoms with Crippen LogP contribution < -0.4 is 4.90 Å². The van der Waals surface area contributed by atoms with Crippen LogP contribution in [0.4, 0.5) is 11.4 Å². The van der Waals surface area contributed by atoms with Gasteiger partial charge in [0, 0.05) is 30.2 Å². The Morgan fingerprint density at radius 3 is 2.46 bits per heavy atom. The van der Waals surface area contributed by atoms with E-state index < -0.39 is 23.1 Å². The van der Waals surface area contributed by atoms with Gasteiger partial charge in [-0.2, -0.15) is 5.26 Å². The van der Waals surface area contributed by atoms with Gasteiger partial charge in [0.05, 0.1) is 12.4 Å². The summed E-state index contributed by atoms with van der Waals surface area (Å²) in [5.41, 5.74) is 2.21. The lowest BCUT2D eigenvalue weighted by atomic mass is 9.92. The first-order valence-corrected chi connectivity index (χ1v) is 7.56. The van der Waals surface area contributed by atoms with Crippen molar-refractivity contribution in [2.24, 2.45) is 0 Å². The van der Waals surface area contributed by atoms with Crippen molar-refractivity contribution in [3.63, 3.8) is 0 Å². The molecule has 24 heavy (non-hydrogen) atoms. The fraction of sp³-hybridized carbons (Fsp3) is 0.278. The average molecular weight is 324 g/mol. The van der Waals surface area contributed by atoms with Crippen molar-refractivity contribution >= 4 is 11.4 Å². The first-order valence-electron chi connectivity index (χ1n) is 8.06. The summed E-state index contributed by atoms with van der Waals surface area (Å²) in [7, 11) is 0. The van der Waals surface area contributed by atoms with E-state index in [1.165, 1.54) is 17.0 Å². The molecule has 1 fully saturated rings. The molecule has 1 aliphatic heterocycles. The van der Waals surface area contributed by atoms with E-state index >= 15 is 0 Å². The van der Waals surface area contributed by atoms with Gasteiger partial charge in [-0.15, -0.1) is 0 Å². The molecule has 0 bridgehead atoms. The molecule has 6 nitrogen and oxygen atoms in total. The van der Waals surface area contributed by atoms with E-state index in [1.54, 1.807) is 24.3 Å². The Hall–Kier alpha value is -2.91. The number of rotatable bonds is 3. The highest BCUT2D eigenvalue weighted by atomic mass is 16.6. The third-order valence-corrected chi connectivity index (χ3v) is 4.27. The highest BCUT2D eigenvalue weighted by Gasteiger charge is 2.41. The molecule has 1 aliphatic rings. The van der Waals surface area contributed by atoms with Gasteiger partial charge in [0.25, 0.3) is 5.69 Å². The molecule has 6 heteroatoms. The number of aliphatic hydroxyl groups is 1. The third-order valence-electron chi connectivity index (χ3n) is 4.27. The number of aliphatic hydroxyl groups excluding tert-OH is 1. The van der Waals surface area contributed by atoms with Crippen LogP contribution in [0.3, 0.4) is 0 Å². The minimum Gasteiger partial charge on any atom is -0.374 e. The van der Waals surface area contributed by atoms with Crippen LogP contribution >= 0.6 is 0 Å². The predicted molar refractivity (Wildman–Crippen MR) is 89.5 cm³/mol. The summed E-state index contributed by atoms with van der Waals surface area (Å²) in [6.45, 7) is 1.93. The predicted octanol–water partition coefficient (Wildman–Crippen LogP) is 3.11. The fourth-order valence-corrected chi connectivity index (χ4v) is 3.03. The van der Waals surface area contributed by atoms with Crippen LogP contribution in [-0.4, -0.2) is 22.3 Å². The Labute approximate surface area is 141 Å². The summed E-state index contributed by atoms with van der Waals surface area (Å²) >= 11 is 0. The van der Waals surface area contributed by atoms with Crippen molar-refractivity contribution in [2.45, 2.75) is 31.5 Å². The molecule has 2 aromatic rings. The molecule has 0 radical (unpaired) electrons. The molecule has 1 N–H and O–H groups in total. The van der Waals surface area contributed by atoms with E-state index in [4.69, 9.17) is 1.37 Å². The van der Waals surface area contributed by atoms with Crippen molar-refractivity contribution in [1.29, 1.82) is 5.26 Å². The zero-order chi connectivity index (χ0) is 18.2. The molecule has 3 unspecified atom stereocenters. The standard InChI is InChI=1S/C18H17N3O3/c1-12-2-6-14(7-3-12)20-17(11-19)16(10-18(20)22)13-4-8-15(9-5-13)21(23)24/h2-9,16-18,22H,10H2,1H3/i17D. The summed E-state index contributed by atoms with van der Waals surface area (Å²) < 4.78 is 8.71. The Morgan fingerprint density at radius 2 is 1.92 bits per heavy atom. The number of anilines is 1. The normalized spacial score (nSPS) is 26.7. The highest BCUT2D eigenvalue weighted by molar-refractivity contribution is 5.54. The maximum Gasteiger partial charge on any atom is 0.269 e. The van der Waals surface area contributed by atoms with Crippen LogP contribution in [0.15, 0.2) is 48.5 Å². The minimum absolute atomic E-state index is 0.0507. The molecule has 0 amide bonds. The van der Waals surface area contributed by atoms with Gasteiger partial charge in [-0.3, -0.25) is 10.1 Å². The molecule has 0 aliphatic carbocycles. The fourth-order valence-electron chi connectivity index (χ4n) is 3.03. The Kier molecular flexibility index (Phi) is 3.85. The van der Waals surface area contributed by atoms with E-state index in [1.807, 2.05) is 25.1 Å². The number of aryl methyl sites for hydroxylation is 1. The second-order valence-corrected chi connectivity index (χ2v) is 5.82. The largest absolute Gasteiger partial charge is 0.374 e. The molecule has 3 atom stereocenters. The van der Waals surface area contributed by atoms with E-state index in [9.17, 15) is 20.5 Å². The average Bonchev–Trinajstić information content (AvgIpc) is 2.87. The second kappa shape index (κ2) is 6.30. The monoisotopic (exact) mass is 324 g/mol. The van der Waals surface area contributed by atoms with E-state index in [2.05, 4.69) is 0 Å². The van der Waals surface area contributed by atoms with Gasteiger partial charge < -0.3 is 10.0 Å². The lowest BCUT2D eigenvalue weighted by Crippen LogP contribution is -2.36. The van der Waals surface area contributed by atoms with E-state index in [0.717, 1.165) is 5.56 Å². The van der Waals surface area contributed by atoms with Crippen LogP contribution in [0.5, 0.6) is 0 Å². The maximum absolute atomic E-state index is 10.8. The topological polar surface area (TPSA) is 90.4 Å². The number of benzene rings is 2. The van der Waals surface area contributed by atoms with Crippen molar-refractivity contribution in [1.82, 2.24) is 0 Å². The lowest BCUT2D eigenvalue weighted by Gasteiger charge is -2.27. The molecule has 1 heterocycles. The first kappa shape index (κ1) is 14.7. The molecule has 2 aromatic carbocycles. The quantitative estimate of drug-likeness (QED) is 0.692. The number of non-ortho nitro benzene ring substituents is 1. The van der Waals surface area contributed by atoms with Crippen molar-refractivity contribution in [3.8, 4) is 6.07 Å². The van der Waals surface area contributed by atoms with Crippen LogP contribution in [0.25, 0.3) is 0 Å². The van der Waals surface area contributed by atoms with Crippen LogP contribution in [0.1, 0.15) is 24.8 Å². The SMILES string of the molecule is [2H]C1(C#N)C(c2ccc([N+](=O)[O-])cc2)CC(O)N1c1ccc(C)cc1. The van der Waals surface area contributed by atoms with Crippen molar-refractivity contribution in [2.75, 3.05) is 4.90 Å². The molecule has 1 saturated heterocycles. The van der Waals surface area contributed by atoms with Crippen molar-refractivity contribution in [3.05, 3.63) is 69.8 Å². The summed E-state index contributed by atoms with van der Waals surface area (Å²) in [5, 5.41) is 31.0. The van der Waals surface area contributed by atoms with Crippen LogP contribution in [0, 0.1) is 28.4 Å². The van der Waals surface area contributed by atoms with E-state index in [0.29, 0.717) is 11.3 Å². The number of hydrogen-bond donors (Lipinski definition) is 1. The summed E-state index contributed by atoms with van der Waals surface area (Å²) in [5.74, 6) is -0.588. The Bertz CT molecular complexity index is 832. The van der Waals surface area contributed by atoms with Gasteiger partial charge in [0.2, 0.25) is 0 Å². The zero-order valence-corrected chi connectivity index (χ0v) is 13.1. The minimum atomic E-state index is -1.70. The first-order chi connectivity index (χ1) is 11.9. The number of hydrogen-bond acceptors (Lipinski definition) is 5. The highest BCUT2D eigenvalue weighted by Crippen LogP contribution is 2.39. The lowest BCUT2D eigenvalue weighted by molar-refractivity contribution is -0.384. The molecule has 3 rings (SSSR count). The van der Waals surface area contributed by atoms with Gasteiger partial charge >= 0.3 is 0 Å². The smallest absolute Gasteiger partial charge is 0.269 e. The molecule has 122 valence electrons. The number of nitro benzene ring substituents is 1. The maximum atomic E-state index is 10.8. The molecule has 0 saturated carbocycles. The summed E-state index contributed by atoms with van der Waals surface area (Å²) in [6, 6.07) is 13.4. The van der Waals surface area contributed by atoms with Gasteiger partial charge in [-0.1, -0.05) is 29.8 Å². The molecular weight excluding hydrogens is 306 g/mol. The summed E-state index contributed by atoms with van der Waals surface area (Å²) in [6.07, 6.45) is -0.789. The van der Waals surface area contributed by atoms with Crippen molar-refractivity contribution < 1.29 is 11.4 Å².